The quantitative estimate of drug-likeness (QED) is 0.253. The Bertz CT molecular complexity index is 1000. The minimum atomic E-state index is -0.644. The van der Waals surface area contributed by atoms with Gasteiger partial charge in [-0.05, 0) is 42.0 Å². The van der Waals surface area contributed by atoms with E-state index in [0.29, 0.717) is 6.54 Å². The molecule has 0 bridgehead atoms. The van der Waals surface area contributed by atoms with Gasteiger partial charge in [0.2, 0.25) is 0 Å². The molecule has 8 nitrogen and oxygen atoms in total. The molecule has 0 spiro atoms. The fourth-order valence-corrected chi connectivity index (χ4v) is 2.39. The van der Waals surface area contributed by atoms with Gasteiger partial charge in [-0.3, -0.25) is 9.97 Å². The van der Waals surface area contributed by atoms with Crippen molar-refractivity contribution in [1.29, 1.82) is 0 Å². The zero-order valence-corrected chi connectivity index (χ0v) is 16.5. The maximum absolute atomic E-state index is 12.4. The predicted molar refractivity (Wildman–Crippen MR) is 110 cm³/mol. The van der Waals surface area contributed by atoms with Crippen LogP contribution in [0.4, 0.5) is 0 Å². The van der Waals surface area contributed by atoms with Gasteiger partial charge in [-0.1, -0.05) is 6.07 Å². The molecule has 0 amide bonds. The van der Waals surface area contributed by atoms with Crippen molar-refractivity contribution in [1.82, 2.24) is 15.3 Å². The van der Waals surface area contributed by atoms with Crippen molar-refractivity contribution in [3.63, 3.8) is 0 Å². The van der Waals surface area contributed by atoms with E-state index in [0.717, 1.165) is 11.8 Å². The first kappa shape index (κ1) is 22.7. The van der Waals surface area contributed by atoms with Crippen molar-refractivity contribution >= 4 is 30.6 Å². The number of nitrogens with one attached hydrogen (secondary N) is 1. The molecule has 0 aliphatic heterocycles. The zero-order valence-electron chi connectivity index (χ0n) is 15.7. The number of ether oxygens (including phenoxy) is 2. The number of aromatic nitrogens is 2. The van der Waals surface area contributed by atoms with Gasteiger partial charge in [0.25, 0.3) is 0 Å². The first-order chi connectivity index (χ1) is 14.2. The average molecular weight is 428 g/mol. The highest BCUT2D eigenvalue weighted by molar-refractivity contribution is 5.92. The van der Waals surface area contributed by atoms with Gasteiger partial charge in [0.05, 0.1) is 17.7 Å². The van der Waals surface area contributed by atoms with Gasteiger partial charge in [0, 0.05) is 31.3 Å². The van der Waals surface area contributed by atoms with Crippen LogP contribution in [0.5, 0.6) is 11.5 Å². The summed E-state index contributed by atoms with van der Waals surface area (Å²) < 4.78 is 10.8. The average Bonchev–Trinajstić information content (AvgIpc) is 2.76. The Labute approximate surface area is 178 Å². The molecule has 3 aromatic rings. The van der Waals surface area contributed by atoms with Crippen LogP contribution in [-0.4, -0.2) is 34.7 Å². The van der Waals surface area contributed by atoms with E-state index >= 15 is 0 Å². The van der Waals surface area contributed by atoms with Crippen molar-refractivity contribution in [3.05, 3.63) is 83.9 Å². The number of aldehydes is 1. The van der Waals surface area contributed by atoms with Crippen molar-refractivity contribution < 1.29 is 23.9 Å². The van der Waals surface area contributed by atoms with Crippen LogP contribution in [0.2, 0.25) is 0 Å². The molecule has 9 heteroatoms. The molecule has 0 aliphatic carbocycles. The maximum atomic E-state index is 12.4. The monoisotopic (exact) mass is 427 g/mol. The van der Waals surface area contributed by atoms with Gasteiger partial charge < -0.3 is 19.6 Å². The third kappa shape index (κ3) is 6.20. The molecule has 3 rings (SSSR count). The van der Waals surface area contributed by atoms with Gasteiger partial charge in [-0.15, -0.1) is 12.4 Å². The van der Waals surface area contributed by atoms with E-state index in [9.17, 15) is 14.4 Å². The Morgan fingerprint density at radius 2 is 1.50 bits per heavy atom. The predicted octanol–water partition coefficient (Wildman–Crippen LogP) is 2.63. The lowest BCUT2D eigenvalue weighted by atomic mass is 10.2. The van der Waals surface area contributed by atoms with Crippen molar-refractivity contribution in [2.24, 2.45) is 0 Å². The minimum absolute atomic E-state index is 0. The highest BCUT2D eigenvalue weighted by Gasteiger charge is 2.17. The van der Waals surface area contributed by atoms with Crippen LogP contribution < -0.4 is 14.8 Å². The molecule has 0 radical (unpaired) electrons. The lowest BCUT2D eigenvalue weighted by molar-refractivity contribution is -0.107. The molecule has 0 unspecified atom stereocenters. The van der Waals surface area contributed by atoms with Crippen LogP contribution in [0.1, 0.15) is 26.3 Å². The number of halogens is 1. The zero-order chi connectivity index (χ0) is 20.5. The maximum Gasteiger partial charge on any atom is 0.345 e. The first-order valence-corrected chi connectivity index (χ1v) is 8.69. The lowest BCUT2D eigenvalue weighted by Gasteiger charge is -2.12. The van der Waals surface area contributed by atoms with Crippen molar-refractivity contribution in [3.8, 4) is 11.5 Å². The normalized spacial score (nSPS) is 9.87. The Morgan fingerprint density at radius 3 is 2.03 bits per heavy atom. The number of esters is 2. The fraction of sp³-hybridized carbons (Fsp3) is 0.0952. The van der Waals surface area contributed by atoms with E-state index in [-0.39, 0.29) is 41.6 Å². The molecular formula is C21H18ClN3O5. The molecule has 30 heavy (non-hydrogen) atoms. The number of rotatable bonds is 8. The SMILES string of the molecule is Cl.O=CCNCc1ccc(OC(=O)c2cccnc2)c(OC(=O)c2cccnc2)c1. The van der Waals surface area contributed by atoms with Gasteiger partial charge in [-0.2, -0.15) is 0 Å². The van der Waals surface area contributed by atoms with E-state index < -0.39 is 11.9 Å². The largest absolute Gasteiger partial charge is 0.419 e. The van der Waals surface area contributed by atoms with Crippen LogP contribution in [0.3, 0.4) is 0 Å². The highest BCUT2D eigenvalue weighted by atomic mass is 35.5. The lowest BCUT2D eigenvalue weighted by Crippen LogP contribution is -2.16. The summed E-state index contributed by atoms with van der Waals surface area (Å²) in [5.41, 5.74) is 1.25. The van der Waals surface area contributed by atoms with Crippen molar-refractivity contribution in [2.45, 2.75) is 6.54 Å². The Balaban J connectivity index is 0.00000320. The number of nitrogens with zero attached hydrogens (tertiary/aromatic N) is 2. The van der Waals surface area contributed by atoms with E-state index in [1.54, 1.807) is 42.6 Å². The molecule has 0 saturated carbocycles. The molecule has 1 N–H and O–H groups in total. The van der Waals surface area contributed by atoms with Gasteiger partial charge >= 0.3 is 11.9 Å². The second-order valence-electron chi connectivity index (χ2n) is 5.84. The topological polar surface area (TPSA) is 107 Å². The van der Waals surface area contributed by atoms with Crippen LogP contribution in [0.25, 0.3) is 0 Å². The summed E-state index contributed by atoms with van der Waals surface area (Å²) >= 11 is 0. The van der Waals surface area contributed by atoms with E-state index in [4.69, 9.17) is 9.47 Å². The number of hydrogen-bond donors (Lipinski definition) is 1. The fourth-order valence-electron chi connectivity index (χ4n) is 2.39. The number of benzene rings is 1. The second kappa shape index (κ2) is 11.4. The highest BCUT2D eigenvalue weighted by Crippen LogP contribution is 2.30. The number of pyridine rings is 2. The minimum Gasteiger partial charge on any atom is -0.419 e. The molecule has 154 valence electrons. The van der Waals surface area contributed by atoms with Crippen LogP contribution >= 0.6 is 12.4 Å². The van der Waals surface area contributed by atoms with Gasteiger partial charge in [0.15, 0.2) is 11.5 Å². The molecule has 0 aliphatic rings. The van der Waals surface area contributed by atoms with E-state index in [2.05, 4.69) is 15.3 Å². The van der Waals surface area contributed by atoms with Gasteiger partial charge in [-0.25, -0.2) is 9.59 Å². The third-order valence-corrected chi connectivity index (χ3v) is 3.76. The Hall–Kier alpha value is -3.62. The molecule has 1 aromatic carbocycles. The number of hydrogen-bond acceptors (Lipinski definition) is 8. The smallest absolute Gasteiger partial charge is 0.345 e. The summed E-state index contributed by atoms with van der Waals surface area (Å²) in [6.45, 7) is 0.551. The van der Waals surface area contributed by atoms with E-state index in [1.165, 1.54) is 24.7 Å². The van der Waals surface area contributed by atoms with Crippen LogP contribution in [-0.2, 0) is 11.3 Å². The summed E-state index contributed by atoms with van der Waals surface area (Å²) in [5, 5.41) is 2.92. The van der Waals surface area contributed by atoms with E-state index in [1.807, 2.05) is 0 Å². The van der Waals surface area contributed by atoms with Crippen molar-refractivity contribution in [2.75, 3.05) is 6.54 Å². The molecule has 0 fully saturated rings. The van der Waals surface area contributed by atoms with Crippen LogP contribution in [0.15, 0.2) is 67.3 Å². The summed E-state index contributed by atoms with van der Waals surface area (Å²) in [4.78, 5) is 43.0. The number of carbonyl (C=O) groups is 3. The summed E-state index contributed by atoms with van der Waals surface area (Å²) in [5.74, 6) is -1.13. The Morgan fingerprint density at radius 1 is 0.900 bits per heavy atom. The summed E-state index contributed by atoms with van der Waals surface area (Å²) in [6, 6.07) is 11.1. The number of carbonyl (C=O) groups excluding carboxylic acids is 3. The summed E-state index contributed by atoms with van der Waals surface area (Å²) in [7, 11) is 0. The molecule has 0 atom stereocenters. The molecule has 2 heterocycles. The Kier molecular flexibility index (Phi) is 8.61. The standard InChI is InChI=1S/C21H17N3O5.ClH/c25-10-9-24-12-15-5-6-18(28-20(26)16-3-1-7-22-13-16)19(11-15)29-21(27)17-4-2-8-23-14-17;/h1-8,10-11,13-14,24H,9,12H2;1H. The first-order valence-electron chi connectivity index (χ1n) is 8.69. The van der Waals surface area contributed by atoms with Gasteiger partial charge in [0.1, 0.15) is 6.29 Å². The molecule has 2 aromatic heterocycles. The summed E-state index contributed by atoms with van der Waals surface area (Å²) in [6.07, 6.45) is 6.57. The second-order valence-corrected chi connectivity index (χ2v) is 5.84. The molecular weight excluding hydrogens is 410 g/mol. The third-order valence-electron chi connectivity index (χ3n) is 3.76. The molecule has 0 saturated heterocycles. The van der Waals surface area contributed by atoms with Crippen LogP contribution in [0, 0.1) is 0 Å².